The van der Waals surface area contributed by atoms with Crippen molar-refractivity contribution in [1.29, 1.82) is 0 Å². The van der Waals surface area contributed by atoms with E-state index in [0.29, 0.717) is 11.6 Å². The smallest absolute Gasteiger partial charge is 0.274 e. The lowest BCUT2D eigenvalue weighted by Crippen LogP contribution is -2.39. The molecule has 0 aliphatic carbocycles. The van der Waals surface area contributed by atoms with Gasteiger partial charge in [-0.15, -0.1) is 0 Å². The molecule has 0 spiro atoms. The molecule has 0 aromatic carbocycles. The van der Waals surface area contributed by atoms with E-state index in [2.05, 4.69) is 10.2 Å². The molecule has 6 heteroatoms. The molecule has 3 rings (SSSR count). The number of nitrogens with one attached hydrogen (secondary N) is 1. The van der Waals surface area contributed by atoms with Crippen LogP contribution in [-0.2, 0) is 11.2 Å². The van der Waals surface area contributed by atoms with Crippen molar-refractivity contribution in [3.05, 3.63) is 17.0 Å². The average Bonchev–Trinajstić information content (AvgIpc) is 2.96. The Kier molecular flexibility index (Phi) is 5.02. The van der Waals surface area contributed by atoms with Crippen molar-refractivity contribution in [2.24, 2.45) is 5.92 Å². The van der Waals surface area contributed by atoms with E-state index in [1.54, 1.807) is 0 Å². The minimum absolute atomic E-state index is 0.0352. The lowest BCUT2D eigenvalue weighted by atomic mass is 9.92. The molecule has 0 saturated carbocycles. The number of aliphatic hydroxyl groups excluding tert-OH is 1. The van der Waals surface area contributed by atoms with Crippen LogP contribution in [0.15, 0.2) is 0 Å². The van der Waals surface area contributed by atoms with Gasteiger partial charge in [-0.1, -0.05) is 0 Å². The minimum Gasteiger partial charge on any atom is -0.396 e. The predicted molar refractivity (Wildman–Crippen MR) is 86.2 cm³/mol. The highest BCUT2D eigenvalue weighted by molar-refractivity contribution is 5.94. The second kappa shape index (κ2) is 7.01. The summed E-state index contributed by atoms with van der Waals surface area (Å²) >= 11 is 0. The number of carbonyl (C=O) groups is 1. The third kappa shape index (κ3) is 3.43. The van der Waals surface area contributed by atoms with Crippen LogP contribution in [0.4, 0.5) is 0 Å². The van der Waals surface area contributed by atoms with Crippen molar-refractivity contribution >= 4 is 5.91 Å². The predicted octanol–water partition coefficient (Wildman–Crippen LogP) is 2.06. The van der Waals surface area contributed by atoms with E-state index < -0.39 is 0 Å². The van der Waals surface area contributed by atoms with Gasteiger partial charge in [-0.3, -0.25) is 9.89 Å². The second-order valence-electron chi connectivity index (χ2n) is 6.86. The molecule has 2 N–H and O–H groups in total. The summed E-state index contributed by atoms with van der Waals surface area (Å²) in [6, 6.07) is 0. The molecule has 1 fully saturated rings. The number of fused-ring (bicyclic) bond motifs is 1. The number of aromatic amines is 1. The number of carbonyl (C=O) groups excluding carboxylic acids is 1. The largest absolute Gasteiger partial charge is 0.396 e. The molecule has 3 heterocycles. The Labute approximate surface area is 137 Å². The Morgan fingerprint density at radius 3 is 2.83 bits per heavy atom. The third-order valence-corrected chi connectivity index (χ3v) is 5.11. The maximum Gasteiger partial charge on any atom is 0.274 e. The van der Waals surface area contributed by atoms with Crippen LogP contribution in [-0.4, -0.2) is 51.9 Å². The molecule has 1 aromatic rings. The van der Waals surface area contributed by atoms with E-state index in [-0.39, 0.29) is 24.7 Å². The van der Waals surface area contributed by atoms with E-state index in [0.717, 1.165) is 56.5 Å². The van der Waals surface area contributed by atoms with Crippen molar-refractivity contribution in [2.45, 2.75) is 58.2 Å². The van der Waals surface area contributed by atoms with Gasteiger partial charge in [-0.05, 0) is 45.4 Å². The molecule has 1 aromatic heterocycles. The van der Waals surface area contributed by atoms with Crippen LogP contribution in [0, 0.1) is 5.92 Å². The quantitative estimate of drug-likeness (QED) is 0.890. The molecule has 128 valence electrons. The monoisotopic (exact) mass is 321 g/mol. The second-order valence-corrected chi connectivity index (χ2v) is 6.86. The van der Waals surface area contributed by atoms with E-state index in [4.69, 9.17) is 9.84 Å². The Bertz CT molecular complexity index is 549. The fourth-order valence-corrected chi connectivity index (χ4v) is 3.80. The highest BCUT2D eigenvalue weighted by atomic mass is 16.5. The molecule has 0 radical (unpaired) electrons. The minimum atomic E-state index is -0.0352. The Balaban J connectivity index is 1.66. The van der Waals surface area contributed by atoms with Gasteiger partial charge in [0.2, 0.25) is 0 Å². The van der Waals surface area contributed by atoms with Gasteiger partial charge >= 0.3 is 0 Å². The van der Waals surface area contributed by atoms with Crippen molar-refractivity contribution < 1.29 is 14.6 Å². The highest BCUT2D eigenvalue weighted by Gasteiger charge is 2.32. The number of aromatic nitrogens is 2. The highest BCUT2D eigenvalue weighted by Crippen LogP contribution is 2.31. The molecular weight excluding hydrogens is 294 g/mol. The number of amides is 1. The molecular formula is C17H27N3O3. The van der Waals surface area contributed by atoms with Crippen LogP contribution in [0.25, 0.3) is 0 Å². The number of H-pyrrole nitrogens is 1. The molecule has 1 saturated heterocycles. The van der Waals surface area contributed by atoms with Gasteiger partial charge in [0.1, 0.15) is 0 Å². The van der Waals surface area contributed by atoms with Gasteiger partial charge in [0.05, 0.1) is 17.9 Å². The molecule has 2 atom stereocenters. The first kappa shape index (κ1) is 16.5. The van der Waals surface area contributed by atoms with Crippen LogP contribution >= 0.6 is 0 Å². The normalized spacial score (nSPS) is 25.4. The van der Waals surface area contributed by atoms with Crippen LogP contribution in [0.3, 0.4) is 0 Å². The van der Waals surface area contributed by atoms with E-state index in [1.807, 2.05) is 18.7 Å². The average molecular weight is 321 g/mol. The number of aliphatic hydroxyl groups is 1. The standard InChI is InChI=1S/C17H27N3O3/c1-11-10-14-15(12(2)23-11)18-19-16(14)17(22)20-7-5-13(6-8-20)4-3-9-21/h11-13,21H,3-10H2,1-2H3,(H,18,19)/t11-,12+/m1/s1. The molecule has 2 aliphatic rings. The van der Waals surface area contributed by atoms with E-state index >= 15 is 0 Å². The fourth-order valence-electron chi connectivity index (χ4n) is 3.80. The van der Waals surface area contributed by atoms with Crippen molar-refractivity contribution in [3.63, 3.8) is 0 Å². The molecule has 0 unspecified atom stereocenters. The van der Waals surface area contributed by atoms with Crippen LogP contribution in [0.5, 0.6) is 0 Å². The zero-order valence-corrected chi connectivity index (χ0v) is 14.0. The molecule has 6 nitrogen and oxygen atoms in total. The summed E-state index contributed by atoms with van der Waals surface area (Å²) in [5.41, 5.74) is 2.56. The number of hydrogen-bond donors (Lipinski definition) is 2. The van der Waals surface area contributed by atoms with Crippen LogP contribution in [0.2, 0.25) is 0 Å². The van der Waals surface area contributed by atoms with E-state index in [1.165, 1.54) is 0 Å². The fraction of sp³-hybridized carbons (Fsp3) is 0.765. The summed E-state index contributed by atoms with van der Waals surface area (Å²) in [6.07, 6.45) is 4.79. The summed E-state index contributed by atoms with van der Waals surface area (Å²) < 4.78 is 5.79. The van der Waals surface area contributed by atoms with Crippen LogP contribution in [0.1, 0.15) is 67.4 Å². The van der Waals surface area contributed by atoms with Gasteiger partial charge < -0.3 is 14.7 Å². The lowest BCUT2D eigenvalue weighted by molar-refractivity contribution is -0.00703. The number of nitrogens with zero attached hydrogens (tertiary/aromatic N) is 2. The molecule has 0 bridgehead atoms. The van der Waals surface area contributed by atoms with Gasteiger partial charge in [0.15, 0.2) is 5.69 Å². The summed E-state index contributed by atoms with van der Waals surface area (Å²) in [5, 5.41) is 16.2. The SMILES string of the molecule is C[C@@H]1Cc2c(C(=O)N3CCC(CCCO)CC3)n[nH]c2[C@H](C)O1. The maximum absolute atomic E-state index is 12.8. The zero-order valence-electron chi connectivity index (χ0n) is 14.0. The third-order valence-electron chi connectivity index (χ3n) is 5.11. The number of rotatable bonds is 4. The lowest BCUT2D eigenvalue weighted by Gasteiger charge is -2.32. The van der Waals surface area contributed by atoms with Gasteiger partial charge in [0, 0.05) is 31.7 Å². The first-order valence-electron chi connectivity index (χ1n) is 8.72. The summed E-state index contributed by atoms with van der Waals surface area (Å²) in [7, 11) is 0. The summed E-state index contributed by atoms with van der Waals surface area (Å²) in [5.74, 6) is 0.678. The van der Waals surface area contributed by atoms with Crippen molar-refractivity contribution in [3.8, 4) is 0 Å². The number of likely N-dealkylation sites (tertiary alicyclic amines) is 1. The van der Waals surface area contributed by atoms with Crippen molar-refractivity contribution in [1.82, 2.24) is 15.1 Å². The summed E-state index contributed by atoms with van der Waals surface area (Å²) in [4.78, 5) is 14.8. The first-order valence-corrected chi connectivity index (χ1v) is 8.72. The van der Waals surface area contributed by atoms with E-state index in [9.17, 15) is 4.79 Å². The Morgan fingerprint density at radius 1 is 1.39 bits per heavy atom. The van der Waals surface area contributed by atoms with Gasteiger partial charge in [-0.25, -0.2) is 0 Å². The Hall–Kier alpha value is -1.40. The molecule has 2 aliphatic heterocycles. The molecule has 1 amide bonds. The maximum atomic E-state index is 12.8. The van der Waals surface area contributed by atoms with Gasteiger partial charge in [-0.2, -0.15) is 5.10 Å². The summed E-state index contributed by atoms with van der Waals surface area (Å²) in [6.45, 7) is 5.87. The topological polar surface area (TPSA) is 78.5 Å². The first-order chi connectivity index (χ1) is 11.1. The van der Waals surface area contributed by atoms with Crippen LogP contribution < -0.4 is 0 Å². The Morgan fingerprint density at radius 2 is 2.13 bits per heavy atom. The van der Waals surface area contributed by atoms with Crippen molar-refractivity contribution in [2.75, 3.05) is 19.7 Å². The number of hydrogen-bond acceptors (Lipinski definition) is 4. The number of piperidine rings is 1. The van der Waals surface area contributed by atoms with Gasteiger partial charge in [0.25, 0.3) is 5.91 Å². The zero-order chi connectivity index (χ0) is 16.4. The number of ether oxygens (including phenoxy) is 1. The molecule has 23 heavy (non-hydrogen) atoms.